The first-order chi connectivity index (χ1) is 13.3. The molecule has 148 valence electrons. The van der Waals surface area contributed by atoms with Gasteiger partial charge < -0.3 is 10.1 Å². The van der Waals surface area contributed by atoms with Gasteiger partial charge in [0.15, 0.2) is 0 Å². The Hall–Kier alpha value is -2.02. The Morgan fingerprint density at radius 2 is 2.21 bits per heavy atom. The average molecular weight is 402 g/mol. The number of likely N-dealkylation sites (tertiary alicyclic amines) is 1. The summed E-state index contributed by atoms with van der Waals surface area (Å²) >= 11 is 6.33. The largest absolute Gasteiger partial charge is 0.375 e. The SMILES string of the molecule is C=C1C(C(=O)NCC2C(=O)N=C(C)C=C2C)=CC(Cl)=CC1N1C[C@@H]2C[C@H]1CO2. The van der Waals surface area contributed by atoms with Gasteiger partial charge in [-0.2, -0.15) is 0 Å². The molecule has 28 heavy (non-hydrogen) atoms. The van der Waals surface area contributed by atoms with Crippen LogP contribution in [-0.4, -0.2) is 60.3 Å². The third-order valence-corrected chi connectivity index (χ3v) is 6.12. The minimum Gasteiger partial charge on any atom is -0.375 e. The molecule has 0 saturated carbocycles. The second-order valence-electron chi connectivity index (χ2n) is 7.86. The monoisotopic (exact) mass is 401 g/mol. The van der Waals surface area contributed by atoms with Crippen LogP contribution in [0.2, 0.25) is 0 Å². The van der Waals surface area contributed by atoms with Gasteiger partial charge in [-0.3, -0.25) is 14.5 Å². The number of hydrogen-bond acceptors (Lipinski definition) is 4. The molecule has 3 heterocycles. The summed E-state index contributed by atoms with van der Waals surface area (Å²) in [4.78, 5) is 31.3. The van der Waals surface area contributed by atoms with Crippen LogP contribution in [0, 0.1) is 5.92 Å². The van der Waals surface area contributed by atoms with Crippen LogP contribution in [-0.2, 0) is 14.3 Å². The number of nitrogens with one attached hydrogen (secondary N) is 1. The lowest BCUT2D eigenvalue weighted by Crippen LogP contribution is -2.46. The molecule has 2 fully saturated rings. The van der Waals surface area contributed by atoms with Crippen LogP contribution in [0.15, 0.2) is 51.6 Å². The highest BCUT2D eigenvalue weighted by molar-refractivity contribution is 6.32. The van der Waals surface area contributed by atoms with Crippen molar-refractivity contribution in [1.29, 1.82) is 0 Å². The minimum absolute atomic E-state index is 0.109. The number of nitrogens with zero attached hydrogens (tertiary/aromatic N) is 2. The van der Waals surface area contributed by atoms with Gasteiger partial charge in [0.1, 0.15) is 0 Å². The van der Waals surface area contributed by atoms with E-state index in [0.29, 0.717) is 29.0 Å². The van der Waals surface area contributed by atoms with Crippen molar-refractivity contribution in [3.63, 3.8) is 0 Å². The highest BCUT2D eigenvalue weighted by atomic mass is 35.5. The number of halogens is 1. The fraction of sp³-hybridized carbons (Fsp3) is 0.476. The maximum absolute atomic E-state index is 12.9. The summed E-state index contributed by atoms with van der Waals surface area (Å²) in [5, 5.41) is 3.39. The van der Waals surface area contributed by atoms with Crippen molar-refractivity contribution < 1.29 is 14.3 Å². The number of allylic oxidation sites excluding steroid dienone is 3. The zero-order chi connectivity index (χ0) is 20.0. The maximum atomic E-state index is 12.9. The molecule has 6 nitrogen and oxygen atoms in total. The summed E-state index contributed by atoms with van der Waals surface area (Å²) in [7, 11) is 0. The first kappa shape index (κ1) is 19.3. The zero-order valence-electron chi connectivity index (χ0n) is 16.1. The normalized spacial score (nSPS) is 32.7. The van der Waals surface area contributed by atoms with E-state index in [9.17, 15) is 9.59 Å². The van der Waals surface area contributed by atoms with Gasteiger partial charge in [0, 0.05) is 35.4 Å². The van der Waals surface area contributed by atoms with E-state index in [4.69, 9.17) is 16.3 Å². The van der Waals surface area contributed by atoms with Crippen LogP contribution in [0.4, 0.5) is 0 Å². The Morgan fingerprint density at radius 3 is 2.86 bits per heavy atom. The van der Waals surface area contributed by atoms with Crippen molar-refractivity contribution in [3.8, 4) is 0 Å². The summed E-state index contributed by atoms with van der Waals surface area (Å²) < 4.78 is 5.68. The van der Waals surface area contributed by atoms with Crippen molar-refractivity contribution in [2.75, 3.05) is 19.7 Å². The molecule has 1 N–H and O–H groups in total. The molecule has 0 spiro atoms. The van der Waals surface area contributed by atoms with E-state index in [1.807, 2.05) is 19.1 Å². The van der Waals surface area contributed by atoms with Gasteiger partial charge in [-0.1, -0.05) is 23.8 Å². The van der Waals surface area contributed by atoms with Crippen LogP contribution >= 0.6 is 11.6 Å². The molecule has 4 rings (SSSR count). The van der Waals surface area contributed by atoms with Crippen molar-refractivity contribution in [3.05, 3.63) is 46.6 Å². The Balaban J connectivity index is 1.44. The van der Waals surface area contributed by atoms with Crippen LogP contribution in [0.1, 0.15) is 20.3 Å². The van der Waals surface area contributed by atoms with E-state index in [1.54, 1.807) is 13.0 Å². The Labute approximate surface area is 169 Å². The summed E-state index contributed by atoms with van der Waals surface area (Å²) in [6.45, 7) is 9.58. The van der Waals surface area contributed by atoms with Gasteiger partial charge in [-0.25, -0.2) is 4.99 Å². The summed E-state index contributed by atoms with van der Waals surface area (Å²) in [6, 6.07) is 0.228. The van der Waals surface area contributed by atoms with Gasteiger partial charge in [-0.05, 0) is 44.1 Å². The number of rotatable bonds is 4. The summed E-state index contributed by atoms with van der Waals surface area (Å²) in [5.41, 5.74) is 2.78. The van der Waals surface area contributed by atoms with E-state index in [-0.39, 0.29) is 30.5 Å². The molecule has 4 atom stereocenters. The highest BCUT2D eigenvalue weighted by Crippen LogP contribution is 2.36. The number of amides is 2. The third kappa shape index (κ3) is 3.52. The van der Waals surface area contributed by atoms with E-state index in [0.717, 1.165) is 24.1 Å². The second-order valence-corrected chi connectivity index (χ2v) is 8.30. The van der Waals surface area contributed by atoms with Gasteiger partial charge in [0.2, 0.25) is 0 Å². The Morgan fingerprint density at radius 1 is 1.43 bits per heavy atom. The standard InChI is InChI=1S/C21H24ClN3O3/c1-11-4-12(2)24-21(27)18(11)8-23-20(26)17-5-14(22)6-19(13(17)3)25-9-16-7-15(25)10-28-16/h4-6,15-16,18-19H,3,7-10H2,1-2H3,(H,23,26)/t15-,16-,18?,19?/m0/s1. The lowest BCUT2D eigenvalue weighted by atomic mass is 9.91. The molecule has 3 aliphatic heterocycles. The molecule has 2 bridgehead atoms. The topological polar surface area (TPSA) is 71.0 Å². The van der Waals surface area contributed by atoms with E-state index in [2.05, 4.69) is 21.8 Å². The minimum atomic E-state index is -0.432. The molecule has 7 heteroatoms. The second kappa shape index (κ2) is 7.43. The first-order valence-corrected chi connectivity index (χ1v) is 9.92. The fourth-order valence-corrected chi connectivity index (χ4v) is 4.64. The molecule has 0 aromatic heterocycles. The number of aliphatic imine (C=N–C) groups is 1. The number of ether oxygens (including phenoxy) is 1. The molecule has 4 aliphatic rings. The number of hydrogen-bond donors (Lipinski definition) is 1. The molecule has 0 radical (unpaired) electrons. The van der Waals surface area contributed by atoms with E-state index < -0.39 is 5.92 Å². The molecular weight excluding hydrogens is 378 g/mol. The number of carbonyl (C=O) groups is 2. The maximum Gasteiger partial charge on any atom is 0.254 e. The predicted molar refractivity (Wildman–Crippen MR) is 108 cm³/mol. The molecule has 2 amide bonds. The zero-order valence-corrected chi connectivity index (χ0v) is 16.8. The number of fused-ring (bicyclic) bond motifs is 2. The van der Waals surface area contributed by atoms with E-state index in [1.165, 1.54) is 0 Å². The quantitative estimate of drug-likeness (QED) is 0.783. The van der Waals surface area contributed by atoms with E-state index >= 15 is 0 Å². The molecule has 1 aliphatic carbocycles. The van der Waals surface area contributed by atoms with Crippen molar-refractivity contribution >= 4 is 29.1 Å². The van der Waals surface area contributed by atoms with Crippen LogP contribution in [0.25, 0.3) is 0 Å². The average Bonchev–Trinajstić information content (AvgIpc) is 3.25. The third-order valence-electron chi connectivity index (χ3n) is 5.88. The molecular formula is C21H24ClN3O3. The van der Waals surface area contributed by atoms with Crippen molar-refractivity contribution in [2.24, 2.45) is 10.9 Å². The number of morpholine rings is 1. The molecule has 0 aromatic carbocycles. The Bertz CT molecular complexity index is 870. The first-order valence-electron chi connectivity index (χ1n) is 9.54. The van der Waals surface area contributed by atoms with Crippen LogP contribution < -0.4 is 5.32 Å². The van der Waals surface area contributed by atoms with Crippen LogP contribution in [0.3, 0.4) is 0 Å². The van der Waals surface area contributed by atoms with Gasteiger partial charge >= 0.3 is 0 Å². The lowest BCUT2D eigenvalue weighted by molar-refractivity contribution is -0.121. The predicted octanol–water partition coefficient (Wildman–Crippen LogP) is 2.13. The lowest BCUT2D eigenvalue weighted by Gasteiger charge is -2.36. The summed E-state index contributed by atoms with van der Waals surface area (Å²) in [6.07, 6.45) is 6.72. The van der Waals surface area contributed by atoms with Crippen LogP contribution in [0.5, 0.6) is 0 Å². The number of dihydropyridines is 1. The van der Waals surface area contributed by atoms with Gasteiger partial charge in [-0.15, -0.1) is 0 Å². The fourth-order valence-electron chi connectivity index (χ4n) is 4.41. The molecule has 0 aromatic rings. The Kier molecular flexibility index (Phi) is 5.12. The smallest absolute Gasteiger partial charge is 0.254 e. The van der Waals surface area contributed by atoms with Gasteiger partial charge in [0.25, 0.3) is 11.8 Å². The number of carbonyl (C=O) groups excluding carboxylic acids is 2. The summed E-state index contributed by atoms with van der Waals surface area (Å²) in [5.74, 6) is -0.926. The molecule has 2 unspecified atom stereocenters. The van der Waals surface area contributed by atoms with Crippen molar-refractivity contribution in [1.82, 2.24) is 10.2 Å². The van der Waals surface area contributed by atoms with Gasteiger partial charge in [0.05, 0.1) is 24.7 Å². The van der Waals surface area contributed by atoms with Crippen molar-refractivity contribution in [2.45, 2.75) is 38.5 Å². The molecule has 2 saturated heterocycles. The highest BCUT2D eigenvalue weighted by Gasteiger charge is 2.43.